The summed E-state index contributed by atoms with van der Waals surface area (Å²) in [6.07, 6.45) is 4.52. The minimum atomic E-state index is 0.178. The van der Waals surface area contributed by atoms with E-state index in [2.05, 4.69) is 81.1 Å². The van der Waals surface area contributed by atoms with Gasteiger partial charge in [0, 0.05) is 30.1 Å². The Morgan fingerprint density at radius 3 is 1.93 bits per heavy atom. The maximum Gasteiger partial charge on any atom is 0.166 e. The number of rotatable bonds is 6. The van der Waals surface area contributed by atoms with Gasteiger partial charge in [-0.3, -0.25) is 9.69 Å². The third kappa shape index (κ3) is 4.05. The Morgan fingerprint density at radius 1 is 0.862 bits per heavy atom. The Bertz CT molecular complexity index is 814. The van der Waals surface area contributed by atoms with Crippen LogP contribution in [0, 0.1) is 5.92 Å². The zero-order chi connectivity index (χ0) is 20.5. The lowest BCUT2D eigenvalue weighted by molar-refractivity contribution is 0.0676. The summed E-state index contributed by atoms with van der Waals surface area (Å²) in [5.74, 6) is 1.34. The molecule has 2 nitrogen and oxygen atoms in total. The monoisotopic (exact) mass is 389 g/mol. The maximum absolute atomic E-state index is 13.8. The van der Waals surface area contributed by atoms with Crippen molar-refractivity contribution >= 4 is 5.78 Å². The Kier molecular flexibility index (Phi) is 5.92. The van der Waals surface area contributed by atoms with Gasteiger partial charge in [-0.25, -0.2) is 0 Å². The molecule has 0 saturated carbocycles. The summed E-state index contributed by atoms with van der Waals surface area (Å²) in [6.45, 7) is 9.87. The van der Waals surface area contributed by atoms with Gasteiger partial charge in [-0.15, -0.1) is 0 Å². The number of benzene rings is 2. The van der Waals surface area contributed by atoms with Crippen molar-refractivity contribution in [3.63, 3.8) is 0 Å². The molecule has 2 aliphatic rings. The molecular formula is C27H35NO. The lowest BCUT2D eigenvalue weighted by Crippen LogP contribution is -2.44. The molecular weight excluding hydrogens is 354 g/mol. The van der Waals surface area contributed by atoms with Crippen LogP contribution in [0.5, 0.6) is 0 Å². The lowest BCUT2D eigenvalue weighted by atomic mass is 9.78. The molecule has 154 valence electrons. The van der Waals surface area contributed by atoms with E-state index in [1.807, 2.05) is 0 Å². The second kappa shape index (κ2) is 8.44. The molecule has 0 spiro atoms. The van der Waals surface area contributed by atoms with E-state index in [9.17, 15) is 4.79 Å². The summed E-state index contributed by atoms with van der Waals surface area (Å²) >= 11 is 0. The lowest BCUT2D eigenvalue weighted by Gasteiger charge is -2.39. The Hall–Kier alpha value is -1.93. The van der Waals surface area contributed by atoms with Crippen molar-refractivity contribution in [2.24, 2.45) is 5.92 Å². The molecule has 4 rings (SSSR count). The van der Waals surface area contributed by atoms with Gasteiger partial charge in [0.15, 0.2) is 5.78 Å². The normalized spacial score (nSPS) is 24.4. The van der Waals surface area contributed by atoms with Crippen molar-refractivity contribution in [3.8, 4) is 0 Å². The summed E-state index contributed by atoms with van der Waals surface area (Å²) in [4.78, 5) is 16.5. The van der Waals surface area contributed by atoms with E-state index >= 15 is 0 Å². The molecule has 2 unspecified atom stereocenters. The SMILES string of the molecule is CC(C)c1cccc(C(C)C)c1C(=O)C1CC2CCC(C1)N2Cc1ccccc1. The van der Waals surface area contributed by atoms with E-state index in [4.69, 9.17) is 0 Å². The number of hydrogen-bond donors (Lipinski definition) is 0. The van der Waals surface area contributed by atoms with Crippen LogP contribution < -0.4 is 0 Å². The number of ketones is 1. The molecule has 2 aromatic carbocycles. The third-order valence-corrected chi connectivity index (χ3v) is 7.08. The molecule has 2 saturated heterocycles. The van der Waals surface area contributed by atoms with E-state index in [1.54, 1.807) is 0 Å². The molecule has 2 aromatic rings. The number of hydrogen-bond acceptors (Lipinski definition) is 2. The molecule has 0 N–H and O–H groups in total. The van der Waals surface area contributed by atoms with Crippen LogP contribution in [0.3, 0.4) is 0 Å². The van der Waals surface area contributed by atoms with E-state index in [0.29, 0.717) is 29.7 Å². The van der Waals surface area contributed by atoms with Crippen LogP contribution in [0.2, 0.25) is 0 Å². The first-order valence-electron chi connectivity index (χ1n) is 11.4. The molecule has 2 heterocycles. The van der Waals surface area contributed by atoms with Crippen molar-refractivity contribution in [1.82, 2.24) is 4.90 Å². The van der Waals surface area contributed by atoms with Gasteiger partial charge in [-0.1, -0.05) is 76.2 Å². The molecule has 0 aromatic heterocycles. The summed E-state index contributed by atoms with van der Waals surface area (Å²) in [7, 11) is 0. The number of nitrogens with zero attached hydrogens (tertiary/aromatic N) is 1. The van der Waals surface area contributed by atoms with Gasteiger partial charge in [0.2, 0.25) is 0 Å². The Morgan fingerprint density at radius 2 is 1.41 bits per heavy atom. The van der Waals surface area contributed by atoms with Crippen LogP contribution >= 0.6 is 0 Å². The van der Waals surface area contributed by atoms with Crippen LogP contribution in [0.4, 0.5) is 0 Å². The Labute approximate surface area is 176 Å². The molecule has 0 amide bonds. The summed E-state index contributed by atoms with van der Waals surface area (Å²) < 4.78 is 0. The molecule has 29 heavy (non-hydrogen) atoms. The fourth-order valence-corrected chi connectivity index (χ4v) is 5.58. The standard InChI is InChI=1S/C27H35NO/c1-18(2)24-11-8-12-25(19(3)4)26(24)27(29)21-15-22-13-14-23(16-21)28(22)17-20-9-6-5-7-10-20/h5-12,18-19,21-23H,13-17H2,1-4H3. The fraction of sp³-hybridized carbons (Fsp3) is 0.519. The smallest absolute Gasteiger partial charge is 0.166 e. The fourth-order valence-electron chi connectivity index (χ4n) is 5.58. The number of Topliss-reactive ketones (excluding diaryl/α,β-unsaturated/α-hetero) is 1. The zero-order valence-electron chi connectivity index (χ0n) is 18.4. The predicted octanol–water partition coefficient (Wildman–Crippen LogP) is 6.56. The van der Waals surface area contributed by atoms with Gasteiger partial charge in [0.1, 0.15) is 0 Å². The minimum absolute atomic E-state index is 0.178. The largest absolute Gasteiger partial charge is 0.294 e. The van der Waals surface area contributed by atoms with Crippen molar-refractivity contribution < 1.29 is 4.79 Å². The van der Waals surface area contributed by atoms with Gasteiger partial charge < -0.3 is 0 Å². The highest BCUT2D eigenvalue weighted by Crippen LogP contribution is 2.42. The van der Waals surface area contributed by atoms with Gasteiger partial charge in [-0.05, 0) is 54.2 Å². The number of carbonyl (C=O) groups is 1. The van der Waals surface area contributed by atoms with Crippen LogP contribution in [0.25, 0.3) is 0 Å². The minimum Gasteiger partial charge on any atom is -0.294 e. The molecule has 0 radical (unpaired) electrons. The molecule has 2 heteroatoms. The van der Waals surface area contributed by atoms with Crippen molar-refractivity contribution in [1.29, 1.82) is 0 Å². The van der Waals surface area contributed by atoms with E-state index in [-0.39, 0.29) is 5.92 Å². The average molecular weight is 390 g/mol. The third-order valence-electron chi connectivity index (χ3n) is 7.08. The van der Waals surface area contributed by atoms with Gasteiger partial charge >= 0.3 is 0 Å². The van der Waals surface area contributed by atoms with Crippen LogP contribution in [0.15, 0.2) is 48.5 Å². The summed E-state index contributed by atoms with van der Waals surface area (Å²) in [6, 6.07) is 18.4. The topological polar surface area (TPSA) is 20.3 Å². The highest BCUT2D eigenvalue weighted by molar-refractivity contribution is 6.01. The quantitative estimate of drug-likeness (QED) is 0.521. The maximum atomic E-state index is 13.8. The summed E-state index contributed by atoms with van der Waals surface area (Å²) in [5.41, 5.74) is 4.90. The molecule has 0 aliphatic carbocycles. The first-order chi connectivity index (χ1) is 14.0. The predicted molar refractivity (Wildman–Crippen MR) is 120 cm³/mol. The number of piperidine rings is 1. The zero-order valence-corrected chi connectivity index (χ0v) is 18.4. The first kappa shape index (κ1) is 20.3. The van der Waals surface area contributed by atoms with E-state index in [0.717, 1.165) is 24.9 Å². The molecule has 2 bridgehead atoms. The highest BCUT2D eigenvalue weighted by atomic mass is 16.1. The molecule has 2 fully saturated rings. The average Bonchev–Trinajstić information content (AvgIpc) is 2.94. The van der Waals surface area contributed by atoms with Crippen molar-refractivity contribution in [2.75, 3.05) is 0 Å². The van der Waals surface area contributed by atoms with Gasteiger partial charge in [-0.2, -0.15) is 0 Å². The van der Waals surface area contributed by atoms with Crippen LogP contribution in [-0.4, -0.2) is 22.8 Å². The van der Waals surface area contributed by atoms with E-state index in [1.165, 1.54) is 29.5 Å². The molecule has 2 atom stereocenters. The van der Waals surface area contributed by atoms with Crippen LogP contribution in [-0.2, 0) is 6.54 Å². The first-order valence-corrected chi connectivity index (χ1v) is 11.4. The second-order valence-corrected chi connectivity index (χ2v) is 9.70. The number of carbonyl (C=O) groups excluding carboxylic acids is 1. The van der Waals surface area contributed by atoms with E-state index < -0.39 is 0 Å². The second-order valence-electron chi connectivity index (χ2n) is 9.70. The number of fused-ring (bicyclic) bond motifs is 2. The summed E-state index contributed by atoms with van der Waals surface area (Å²) in [5, 5.41) is 0. The molecule has 2 aliphatic heterocycles. The van der Waals surface area contributed by atoms with Crippen LogP contribution in [0.1, 0.15) is 92.3 Å². The van der Waals surface area contributed by atoms with Gasteiger partial charge in [0.25, 0.3) is 0 Å². The van der Waals surface area contributed by atoms with Crippen molar-refractivity contribution in [2.45, 2.75) is 83.8 Å². The Balaban J connectivity index is 1.57. The highest BCUT2D eigenvalue weighted by Gasteiger charge is 2.43. The van der Waals surface area contributed by atoms with Gasteiger partial charge in [0.05, 0.1) is 0 Å². The van der Waals surface area contributed by atoms with Crippen molar-refractivity contribution in [3.05, 3.63) is 70.8 Å².